The highest BCUT2D eigenvalue weighted by Gasteiger charge is 2.06. The largest absolute Gasteiger partial charge is 0.329 e. The van der Waals surface area contributed by atoms with Gasteiger partial charge in [-0.3, -0.25) is 0 Å². The Bertz CT molecular complexity index is 294. The van der Waals surface area contributed by atoms with Crippen LogP contribution in [0, 0.1) is 13.8 Å². The molecule has 1 atom stereocenters. The van der Waals surface area contributed by atoms with Crippen molar-refractivity contribution in [1.29, 1.82) is 0 Å². The number of rotatable bonds is 4. The highest BCUT2D eigenvalue weighted by Crippen LogP contribution is 2.18. The number of hydrogen-bond donors (Lipinski definition) is 2. The van der Waals surface area contributed by atoms with E-state index in [9.17, 15) is 0 Å². The zero-order valence-corrected chi connectivity index (χ0v) is 9.30. The highest BCUT2D eigenvalue weighted by atomic mass is 14.9. The molecule has 0 amide bonds. The lowest BCUT2D eigenvalue weighted by Gasteiger charge is -2.16. The monoisotopic (exact) mass is 192 g/mol. The van der Waals surface area contributed by atoms with Crippen LogP contribution < -0.4 is 11.1 Å². The van der Waals surface area contributed by atoms with E-state index < -0.39 is 0 Å². The third-order valence-corrected chi connectivity index (χ3v) is 2.50. The summed E-state index contributed by atoms with van der Waals surface area (Å²) in [4.78, 5) is 0. The van der Waals surface area contributed by atoms with Crippen molar-refractivity contribution < 1.29 is 0 Å². The molecule has 1 aromatic rings. The van der Waals surface area contributed by atoms with Gasteiger partial charge in [0, 0.05) is 19.1 Å². The minimum atomic E-state index is 0.387. The summed E-state index contributed by atoms with van der Waals surface area (Å²) in [5, 5.41) is 3.39. The van der Waals surface area contributed by atoms with Crippen LogP contribution in [0.1, 0.15) is 29.7 Å². The summed E-state index contributed by atoms with van der Waals surface area (Å²) in [6.07, 6.45) is 0. The van der Waals surface area contributed by atoms with Crippen LogP contribution in [0.15, 0.2) is 18.2 Å². The van der Waals surface area contributed by atoms with Crippen LogP contribution in [0.3, 0.4) is 0 Å². The van der Waals surface area contributed by atoms with Crippen LogP contribution >= 0.6 is 0 Å². The second-order valence-corrected chi connectivity index (χ2v) is 3.82. The first-order chi connectivity index (χ1) is 6.65. The van der Waals surface area contributed by atoms with Crippen molar-refractivity contribution in [2.75, 3.05) is 13.1 Å². The van der Waals surface area contributed by atoms with Crippen molar-refractivity contribution >= 4 is 0 Å². The number of nitrogens with two attached hydrogens (primary N) is 1. The van der Waals surface area contributed by atoms with Crippen LogP contribution in [0.25, 0.3) is 0 Å². The molecule has 0 aliphatic heterocycles. The van der Waals surface area contributed by atoms with Gasteiger partial charge in [-0.1, -0.05) is 23.8 Å². The lowest BCUT2D eigenvalue weighted by atomic mass is 10.00. The van der Waals surface area contributed by atoms with Gasteiger partial charge >= 0.3 is 0 Å². The molecule has 0 aliphatic carbocycles. The van der Waals surface area contributed by atoms with Gasteiger partial charge in [-0.05, 0) is 31.9 Å². The predicted molar refractivity (Wildman–Crippen MR) is 61.4 cm³/mol. The van der Waals surface area contributed by atoms with Crippen molar-refractivity contribution in [3.63, 3.8) is 0 Å². The molecule has 0 aromatic heterocycles. The van der Waals surface area contributed by atoms with Gasteiger partial charge in [0.1, 0.15) is 0 Å². The van der Waals surface area contributed by atoms with Crippen LogP contribution in [0.5, 0.6) is 0 Å². The summed E-state index contributed by atoms with van der Waals surface area (Å²) in [5.41, 5.74) is 9.49. The first-order valence-electron chi connectivity index (χ1n) is 5.15. The molecule has 1 rings (SSSR count). The smallest absolute Gasteiger partial charge is 0.0295 e. The maximum atomic E-state index is 5.46. The van der Waals surface area contributed by atoms with E-state index in [-0.39, 0.29) is 0 Å². The lowest BCUT2D eigenvalue weighted by molar-refractivity contribution is 0.579. The zero-order chi connectivity index (χ0) is 10.6. The molecule has 3 N–H and O–H groups in total. The van der Waals surface area contributed by atoms with Gasteiger partial charge in [-0.25, -0.2) is 0 Å². The normalized spacial score (nSPS) is 12.9. The Balaban J connectivity index is 2.77. The van der Waals surface area contributed by atoms with Crippen LogP contribution in [0.2, 0.25) is 0 Å². The van der Waals surface area contributed by atoms with Gasteiger partial charge in [0.05, 0.1) is 0 Å². The van der Waals surface area contributed by atoms with Crippen LogP contribution in [-0.2, 0) is 0 Å². The molecule has 0 bridgehead atoms. The Kier molecular flexibility index (Phi) is 4.11. The number of benzene rings is 1. The Morgan fingerprint density at radius 2 is 2.07 bits per heavy atom. The van der Waals surface area contributed by atoms with Crippen molar-refractivity contribution in [1.82, 2.24) is 5.32 Å². The quantitative estimate of drug-likeness (QED) is 0.765. The van der Waals surface area contributed by atoms with E-state index in [1.165, 1.54) is 16.7 Å². The van der Waals surface area contributed by atoms with E-state index in [1.807, 2.05) is 0 Å². The van der Waals surface area contributed by atoms with E-state index in [0.717, 1.165) is 6.54 Å². The SMILES string of the molecule is Cc1ccc(C)c(C(C)NCCN)c1. The molecule has 1 unspecified atom stereocenters. The molecule has 0 fully saturated rings. The van der Waals surface area contributed by atoms with Crippen molar-refractivity contribution in [3.05, 3.63) is 34.9 Å². The average Bonchev–Trinajstić information content (AvgIpc) is 2.18. The Morgan fingerprint density at radius 1 is 1.36 bits per heavy atom. The van der Waals surface area contributed by atoms with Crippen molar-refractivity contribution in [2.24, 2.45) is 5.73 Å². The maximum Gasteiger partial charge on any atom is 0.0295 e. The maximum absolute atomic E-state index is 5.46. The minimum absolute atomic E-state index is 0.387. The van der Waals surface area contributed by atoms with E-state index in [1.54, 1.807) is 0 Å². The summed E-state index contributed by atoms with van der Waals surface area (Å²) < 4.78 is 0. The summed E-state index contributed by atoms with van der Waals surface area (Å²) >= 11 is 0. The molecule has 14 heavy (non-hydrogen) atoms. The van der Waals surface area contributed by atoms with E-state index in [4.69, 9.17) is 5.73 Å². The van der Waals surface area contributed by atoms with Gasteiger partial charge in [0.2, 0.25) is 0 Å². The summed E-state index contributed by atoms with van der Waals surface area (Å²) in [5.74, 6) is 0. The lowest BCUT2D eigenvalue weighted by Crippen LogP contribution is -2.25. The average molecular weight is 192 g/mol. The fourth-order valence-corrected chi connectivity index (χ4v) is 1.64. The highest BCUT2D eigenvalue weighted by molar-refractivity contribution is 5.32. The van der Waals surface area contributed by atoms with Crippen molar-refractivity contribution in [2.45, 2.75) is 26.8 Å². The third-order valence-electron chi connectivity index (χ3n) is 2.50. The predicted octanol–water partition coefficient (Wildman–Crippen LogP) is 1.91. The Morgan fingerprint density at radius 3 is 2.71 bits per heavy atom. The Labute approximate surface area is 86.5 Å². The van der Waals surface area contributed by atoms with Gasteiger partial charge < -0.3 is 11.1 Å². The molecule has 78 valence electrons. The molecule has 0 heterocycles. The Hall–Kier alpha value is -0.860. The molecule has 0 saturated carbocycles. The molecule has 0 radical (unpaired) electrons. The standard InChI is InChI=1S/C12H20N2/c1-9-4-5-10(2)12(8-9)11(3)14-7-6-13/h4-5,8,11,14H,6-7,13H2,1-3H3. The van der Waals surface area contributed by atoms with Crippen LogP contribution in [-0.4, -0.2) is 13.1 Å². The molecule has 2 heteroatoms. The summed E-state index contributed by atoms with van der Waals surface area (Å²) in [7, 11) is 0. The second kappa shape index (κ2) is 5.13. The van der Waals surface area contributed by atoms with Crippen LogP contribution in [0.4, 0.5) is 0 Å². The second-order valence-electron chi connectivity index (χ2n) is 3.82. The molecule has 0 spiro atoms. The number of aryl methyl sites for hydroxylation is 2. The number of nitrogens with one attached hydrogen (secondary N) is 1. The zero-order valence-electron chi connectivity index (χ0n) is 9.30. The third kappa shape index (κ3) is 2.82. The van der Waals surface area contributed by atoms with E-state index >= 15 is 0 Å². The first-order valence-corrected chi connectivity index (χ1v) is 5.15. The fourth-order valence-electron chi connectivity index (χ4n) is 1.64. The summed E-state index contributed by atoms with van der Waals surface area (Å²) in [6.45, 7) is 8.01. The topological polar surface area (TPSA) is 38.0 Å². The molecular formula is C12H20N2. The van der Waals surface area contributed by atoms with E-state index in [0.29, 0.717) is 12.6 Å². The van der Waals surface area contributed by atoms with Gasteiger partial charge in [-0.2, -0.15) is 0 Å². The van der Waals surface area contributed by atoms with Crippen molar-refractivity contribution in [3.8, 4) is 0 Å². The van der Waals surface area contributed by atoms with E-state index in [2.05, 4.69) is 44.3 Å². The van der Waals surface area contributed by atoms with Gasteiger partial charge in [0.15, 0.2) is 0 Å². The molecule has 0 saturated heterocycles. The molecule has 1 aromatic carbocycles. The first kappa shape index (κ1) is 11.2. The minimum Gasteiger partial charge on any atom is -0.329 e. The number of hydrogen-bond acceptors (Lipinski definition) is 2. The molecule has 0 aliphatic rings. The van der Waals surface area contributed by atoms with Gasteiger partial charge in [-0.15, -0.1) is 0 Å². The fraction of sp³-hybridized carbons (Fsp3) is 0.500. The summed E-state index contributed by atoms with van der Waals surface area (Å²) in [6, 6.07) is 6.95. The molecular weight excluding hydrogens is 172 g/mol. The molecule has 2 nitrogen and oxygen atoms in total. The van der Waals surface area contributed by atoms with Gasteiger partial charge in [0.25, 0.3) is 0 Å².